The molecule has 1 aliphatic rings. The van der Waals surface area contributed by atoms with Gasteiger partial charge in [-0.05, 0) is 20.1 Å². The Bertz CT molecular complexity index is 404. The summed E-state index contributed by atoms with van der Waals surface area (Å²) < 4.78 is 0. The number of thioether (sulfide) groups is 1. The summed E-state index contributed by atoms with van der Waals surface area (Å²) in [5, 5.41) is 3.39. The molecule has 1 N–H and O–H groups in total. The van der Waals surface area contributed by atoms with Crippen molar-refractivity contribution >= 4 is 23.6 Å². The van der Waals surface area contributed by atoms with Crippen LogP contribution in [0.5, 0.6) is 0 Å². The molecule has 1 aliphatic heterocycles. The summed E-state index contributed by atoms with van der Waals surface area (Å²) >= 11 is 1.80. The highest BCUT2D eigenvalue weighted by Gasteiger charge is 2.53. The van der Waals surface area contributed by atoms with E-state index in [1.54, 1.807) is 30.8 Å². The lowest BCUT2D eigenvalue weighted by Gasteiger charge is -2.62. The minimum atomic E-state index is 0.0248. The minimum Gasteiger partial charge on any atom is -0.355 e. The van der Waals surface area contributed by atoms with Crippen molar-refractivity contribution in [1.29, 1.82) is 0 Å². The first-order valence-corrected chi connectivity index (χ1v) is 8.78. The van der Waals surface area contributed by atoms with Crippen molar-refractivity contribution in [2.24, 2.45) is 10.4 Å². The normalized spacial score (nSPS) is 20.0. The van der Waals surface area contributed by atoms with Gasteiger partial charge in [-0.2, -0.15) is 11.8 Å². The fourth-order valence-electron chi connectivity index (χ4n) is 2.19. The molecule has 1 amide bonds. The van der Waals surface area contributed by atoms with Gasteiger partial charge in [0, 0.05) is 43.9 Å². The molecule has 0 aliphatic carbocycles. The van der Waals surface area contributed by atoms with E-state index in [-0.39, 0.29) is 23.4 Å². The fourth-order valence-corrected chi connectivity index (χ4v) is 2.49. The summed E-state index contributed by atoms with van der Waals surface area (Å²) in [4.78, 5) is 20.1. The predicted octanol–water partition coefficient (Wildman–Crippen LogP) is 1.50. The second-order valence-corrected chi connectivity index (χ2v) is 7.86. The number of carbonyl (C=O) groups excluding carboxylic acids is 1. The Hall–Kier alpha value is -0.910. The summed E-state index contributed by atoms with van der Waals surface area (Å²) in [6.45, 7) is 11.0. The van der Waals surface area contributed by atoms with Gasteiger partial charge < -0.3 is 15.1 Å². The van der Waals surface area contributed by atoms with Crippen molar-refractivity contribution in [3.63, 3.8) is 0 Å². The van der Waals surface area contributed by atoms with E-state index in [1.807, 2.05) is 0 Å². The standard InChI is InChI=1S/C15H30N4OS/c1-14(2)11-19(15(14,3)4)13(16-8-9-21-7)17-10-12(20)18(5)6/h8-11H2,1-7H3,(H,16,17). The molecule has 1 heterocycles. The van der Waals surface area contributed by atoms with Crippen LogP contribution in [-0.4, -0.2) is 72.9 Å². The van der Waals surface area contributed by atoms with Crippen molar-refractivity contribution in [1.82, 2.24) is 15.1 Å². The van der Waals surface area contributed by atoms with Crippen molar-refractivity contribution < 1.29 is 4.79 Å². The lowest BCUT2D eigenvalue weighted by Crippen LogP contribution is -2.72. The van der Waals surface area contributed by atoms with Crippen molar-refractivity contribution in [2.75, 3.05) is 45.7 Å². The Morgan fingerprint density at radius 2 is 1.95 bits per heavy atom. The second kappa shape index (κ2) is 6.90. The zero-order valence-corrected chi connectivity index (χ0v) is 15.3. The van der Waals surface area contributed by atoms with Gasteiger partial charge in [0.2, 0.25) is 5.91 Å². The fraction of sp³-hybridized carbons (Fsp3) is 0.867. The van der Waals surface area contributed by atoms with E-state index in [9.17, 15) is 4.79 Å². The summed E-state index contributed by atoms with van der Waals surface area (Å²) in [6, 6.07) is 0. The Balaban J connectivity index is 2.79. The smallest absolute Gasteiger partial charge is 0.243 e. The van der Waals surface area contributed by atoms with Gasteiger partial charge in [0.15, 0.2) is 5.96 Å². The molecule has 0 spiro atoms. The molecular formula is C15H30N4OS. The molecule has 5 nitrogen and oxygen atoms in total. The summed E-state index contributed by atoms with van der Waals surface area (Å²) in [5.74, 6) is 1.90. The summed E-state index contributed by atoms with van der Waals surface area (Å²) in [7, 11) is 3.52. The molecule has 0 aromatic carbocycles. The van der Waals surface area contributed by atoms with E-state index in [0.717, 1.165) is 24.8 Å². The van der Waals surface area contributed by atoms with Crippen molar-refractivity contribution in [3.05, 3.63) is 0 Å². The number of amides is 1. The maximum Gasteiger partial charge on any atom is 0.243 e. The third-order valence-electron chi connectivity index (χ3n) is 4.59. The molecule has 6 heteroatoms. The number of hydrogen-bond acceptors (Lipinski definition) is 3. The second-order valence-electron chi connectivity index (χ2n) is 6.88. The topological polar surface area (TPSA) is 47.9 Å². The lowest BCUT2D eigenvalue weighted by atomic mass is 9.65. The third kappa shape index (κ3) is 4.05. The Morgan fingerprint density at radius 3 is 2.38 bits per heavy atom. The van der Waals surface area contributed by atoms with Crippen LogP contribution in [0.4, 0.5) is 0 Å². The number of rotatable bonds is 5. The summed E-state index contributed by atoms with van der Waals surface area (Å²) in [5.41, 5.74) is 0.292. The van der Waals surface area contributed by atoms with E-state index in [0.29, 0.717) is 0 Å². The molecule has 0 saturated carbocycles. The van der Waals surface area contributed by atoms with Gasteiger partial charge >= 0.3 is 0 Å². The lowest BCUT2D eigenvalue weighted by molar-refractivity contribution is -0.127. The maximum atomic E-state index is 11.8. The monoisotopic (exact) mass is 314 g/mol. The molecule has 1 rings (SSSR count). The average molecular weight is 314 g/mol. The minimum absolute atomic E-state index is 0.0248. The van der Waals surface area contributed by atoms with Crippen LogP contribution in [0, 0.1) is 5.41 Å². The summed E-state index contributed by atoms with van der Waals surface area (Å²) in [6.07, 6.45) is 2.09. The largest absolute Gasteiger partial charge is 0.355 e. The number of likely N-dealkylation sites (tertiary alicyclic amines) is 1. The van der Waals surface area contributed by atoms with Crippen molar-refractivity contribution in [3.8, 4) is 0 Å². The first kappa shape index (κ1) is 18.1. The zero-order valence-electron chi connectivity index (χ0n) is 14.5. The maximum absolute atomic E-state index is 11.8. The van der Waals surface area contributed by atoms with Gasteiger partial charge in [-0.25, -0.2) is 4.99 Å². The van der Waals surface area contributed by atoms with Gasteiger partial charge in [0.25, 0.3) is 0 Å². The van der Waals surface area contributed by atoms with Crippen molar-refractivity contribution in [2.45, 2.75) is 33.2 Å². The average Bonchev–Trinajstić information content (AvgIpc) is 2.40. The van der Waals surface area contributed by atoms with Crippen LogP contribution in [-0.2, 0) is 4.79 Å². The number of guanidine groups is 1. The predicted molar refractivity (Wildman–Crippen MR) is 91.9 cm³/mol. The van der Waals surface area contributed by atoms with E-state index in [4.69, 9.17) is 0 Å². The molecule has 0 aromatic heterocycles. The number of likely N-dealkylation sites (N-methyl/N-ethyl adjacent to an activating group) is 1. The first-order chi connectivity index (χ1) is 9.63. The van der Waals surface area contributed by atoms with Gasteiger partial charge in [0.1, 0.15) is 6.54 Å². The van der Waals surface area contributed by atoms with E-state index in [2.05, 4.69) is 49.2 Å². The number of nitrogens with one attached hydrogen (secondary N) is 1. The SMILES string of the molecule is CSCCNC(=NCC(=O)N(C)C)N1CC(C)(C)C1(C)C. The van der Waals surface area contributed by atoms with Crippen LogP contribution in [0.25, 0.3) is 0 Å². The molecule has 21 heavy (non-hydrogen) atoms. The molecule has 122 valence electrons. The van der Waals surface area contributed by atoms with Crippen LogP contribution in [0.1, 0.15) is 27.7 Å². The highest BCUT2D eigenvalue weighted by molar-refractivity contribution is 7.98. The number of carbonyl (C=O) groups is 1. The Morgan fingerprint density at radius 1 is 1.33 bits per heavy atom. The Labute approximate surface area is 133 Å². The highest BCUT2D eigenvalue weighted by atomic mass is 32.2. The van der Waals surface area contributed by atoms with Crippen LogP contribution in [0.15, 0.2) is 4.99 Å². The van der Waals surface area contributed by atoms with Gasteiger partial charge in [0.05, 0.1) is 0 Å². The van der Waals surface area contributed by atoms with Gasteiger partial charge in [-0.3, -0.25) is 4.79 Å². The molecule has 0 bridgehead atoms. The van der Waals surface area contributed by atoms with E-state index < -0.39 is 0 Å². The van der Waals surface area contributed by atoms with Crippen LogP contribution in [0.3, 0.4) is 0 Å². The first-order valence-electron chi connectivity index (χ1n) is 7.38. The van der Waals surface area contributed by atoms with Gasteiger partial charge in [-0.15, -0.1) is 0 Å². The number of aliphatic imine (C=N–C) groups is 1. The molecule has 1 fully saturated rings. The molecular weight excluding hydrogens is 284 g/mol. The van der Waals surface area contributed by atoms with E-state index >= 15 is 0 Å². The molecule has 0 aromatic rings. The van der Waals surface area contributed by atoms with E-state index in [1.165, 1.54) is 0 Å². The quantitative estimate of drug-likeness (QED) is 0.475. The van der Waals surface area contributed by atoms with Gasteiger partial charge in [-0.1, -0.05) is 13.8 Å². The Kier molecular flexibility index (Phi) is 5.96. The number of nitrogens with zero attached hydrogens (tertiary/aromatic N) is 3. The van der Waals surface area contributed by atoms with Crippen LogP contribution < -0.4 is 5.32 Å². The van der Waals surface area contributed by atoms with Crippen LogP contribution in [0.2, 0.25) is 0 Å². The van der Waals surface area contributed by atoms with Crippen LogP contribution >= 0.6 is 11.8 Å². The molecule has 0 unspecified atom stereocenters. The molecule has 0 atom stereocenters. The zero-order chi connectivity index (χ0) is 16.3. The highest BCUT2D eigenvalue weighted by Crippen LogP contribution is 2.46. The molecule has 1 saturated heterocycles. The number of hydrogen-bond donors (Lipinski definition) is 1. The third-order valence-corrected chi connectivity index (χ3v) is 5.20. The molecule has 0 radical (unpaired) electrons.